The van der Waals surface area contributed by atoms with Crippen LogP contribution < -0.4 is 0 Å². The summed E-state index contributed by atoms with van der Waals surface area (Å²) in [4.78, 5) is 11.3. The van der Waals surface area contributed by atoms with Crippen molar-refractivity contribution in [1.82, 2.24) is 0 Å². The molecule has 0 aromatic heterocycles. The standard InChI is InChI=1S/C15H18O4/c1-11(2)14(16)17-9-13-10-18-15(3,19-13)12-7-5-4-6-8-12/h4-8,13H,1,9-10H2,2-3H3. The van der Waals surface area contributed by atoms with Crippen molar-refractivity contribution in [3.63, 3.8) is 0 Å². The Kier molecular flexibility index (Phi) is 4.02. The Bertz CT molecular complexity index is 468. The predicted octanol–water partition coefficient (Wildman–Crippen LogP) is 2.39. The molecule has 1 heterocycles. The molecule has 0 bridgehead atoms. The second kappa shape index (κ2) is 5.55. The van der Waals surface area contributed by atoms with E-state index in [-0.39, 0.29) is 12.7 Å². The van der Waals surface area contributed by atoms with Crippen LogP contribution in [0.4, 0.5) is 0 Å². The maximum absolute atomic E-state index is 11.3. The summed E-state index contributed by atoms with van der Waals surface area (Å²) in [7, 11) is 0. The maximum atomic E-state index is 11.3. The van der Waals surface area contributed by atoms with Gasteiger partial charge in [-0.05, 0) is 13.8 Å². The normalized spacial score (nSPS) is 26.1. The lowest BCUT2D eigenvalue weighted by Crippen LogP contribution is -2.26. The SMILES string of the molecule is C=C(C)C(=O)OCC1COC(C)(c2ccccc2)O1. The summed E-state index contributed by atoms with van der Waals surface area (Å²) in [5.74, 6) is -1.18. The van der Waals surface area contributed by atoms with Gasteiger partial charge in [-0.25, -0.2) is 4.79 Å². The Hall–Kier alpha value is -1.65. The van der Waals surface area contributed by atoms with Crippen LogP contribution in [0.2, 0.25) is 0 Å². The average molecular weight is 262 g/mol. The van der Waals surface area contributed by atoms with E-state index in [0.29, 0.717) is 12.2 Å². The first-order valence-electron chi connectivity index (χ1n) is 6.21. The lowest BCUT2D eigenvalue weighted by molar-refractivity contribution is -0.170. The molecule has 0 N–H and O–H groups in total. The van der Waals surface area contributed by atoms with E-state index in [9.17, 15) is 4.79 Å². The van der Waals surface area contributed by atoms with Crippen LogP contribution in [0.3, 0.4) is 0 Å². The van der Waals surface area contributed by atoms with Crippen molar-refractivity contribution in [1.29, 1.82) is 0 Å². The zero-order chi connectivity index (χ0) is 13.9. The van der Waals surface area contributed by atoms with Gasteiger partial charge in [0, 0.05) is 11.1 Å². The van der Waals surface area contributed by atoms with Crippen LogP contribution in [0.1, 0.15) is 19.4 Å². The minimum absolute atomic E-state index is 0.175. The van der Waals surface area contributed by atoms with E-state index in [1.807, 2.05) is 37.3 Å². The molecule has 0 aliphatic carbocycles. The van der Waals surface area contributed by atoms with Crippen molar-refractivity contribution >= 4 is 5.97 Å². The summed E-state index contributed by atoms with van der Waals surface area (Å²) in [6.07, 6.45) is -0.256. The molecule has 2 rings (SSSR count). The molecule has 4 heteroatoms. The smallest absolute Gasteiger partial charge is 0.333 e. The summed E-state index contributed by atoms with van der Waals surface area (Å²) >= 11 is 0. The van der Waals surface area contributed by atoms with Gasteiger partial charge in [0.2, 0.25) is 0 Å². The molecule has 1 aliphatic rings. The van der Waals surface area contributed by atoms with E-state index < -0.39 is 11.8 Å². The van der Waals surface area contributed by atoms with Crippen LogP contribution in [-0.2, 0) is 24.8 Å². The number of hydrogen-bond acceptors (Lipinski definition) is 4. The summed E-state index contributed by atoms with van der Waals surface area (Å²) < 4.78 is 16.6. The van der Waals surface area contributed by atoms with E-state index in [1.54, 1.807) is 6.92 Å². The Balaban J connectivity index is 1.93. The number of carbonyl (C=O) groups excluding carboxylic acids is 1. The van der Waals surface area contributed by atoms with E-state index in [1.165, 1.54) is 0 Å². The monoisotopic (exact) mass is 262 g/mol. The number of carbonyl (C=O) groups is 1. The first kappa shape index (κ1) is 13.8. The zero-order valence-electron chi connectivity index (χ0n) is 11.2. The Morgan fingerprint density at radius 3 is 2.79 bits per heavy atom. The maximum Gasteiger partial charge on any atom is 0.333 e. The van der Waals surface area contributed by atoms with Gasteiger partial charge in [-0.15, -0.1) is 0 Å². The molecule has 1 fully saturated rings. The van der Waals surface area contributed by atoms with Crippen LogP contribution >= 0.6 is 0 Å². The third kappa shape index (κ3) is 3.22. The van der Waals surface area contributed by atoms with Gasteiger partial charge in [-0.1, -0.05) is 36.9 Å². The van der Waals surface area contributed by atoms with Gasteiger partial charge >= 0.3 is 5.97 Å². The fourth-order valence-electron chi connectivity index (χ4n) is 1.90. The van der Waals surface area contributed by atoms with Crippen LogP contribution in [0.5, 0.6) is 0 Å². The summed E-state index contributed by atoms with van der Waals surface area (Å²) in [6, 6.07) is 9.70. The second-order valence-corrected chi connectivity index (χ2v) is 4.74. The largest absolute Gasteiger partial charge is 0.459 e. The highest BCUT2D eigenvalue weighted by Crippen LogP contribution is 2.33. The third-order valence-electron chi connectivity index (χ3n) is 2.98. The van der Waals surface area contributed by atoms with Crippen molar-refractivity contribution < 1.29 is 19.0 Å². The first-order valence-corrected chi connectivity index (χ1v) is 6.21. The fourth-order valence-corrected chi connectivity index (χ4v) is 1.90. The highest BCUT2D eigenvalue weighted by molar-refractivity contribution is 5.86. The molecule has 0 saturated carbocycles. The van der Waals surface area contributed by atoms with Crippen LogP contribution in [0, 0.1) is 0 Å². The summed E-state index contributed by atoms with van der Waals surface area (Å²) in [5, 5.41) is 0. The van der Waals surface area contributed by atoms with Gasteiger partial charge in [0.1, 0.15) is 12.7 Å². The van der Waals surface area contributed by atoms with E-state index in [0.717, 1.165) is 5.56 Å². The Labute approximate surface area is 113 Å². The fraction of sp³-hybridized carbons (Fsp3) is 0.400. The molecule has 19 heavy (non-hydrogen) atoms. The number of esters is 1. The van der Waals surface area contributed by atoms with E-state index >= 15 is 0 Å². The van der Waals surface area contributed by atoms with Crippen molar-refractivity contribution in [2.75, 3.05) is 13.2 Å². The molecular formula is C15H18O4. The van der Waals surface area contributed by atoms with Crippen LogP contribution in [-0.4, -0.2) is 25.3 Å². The molecule has 102 valence electrons. The van der Waals surface area contributed by atoms with E-state index in [4.69, 9.17) is 14.2 Å². The molecule has 0 amide bonds. The molecule has 1 aromatic rings. The summed E-state index contributed by atoms with van der Waals surface area (Å²) in [5.41, 5.74) is 1.33. The highest BCUT2D eigenvalue weighted by atomic mass is 16.7. The Morgan fingerprint density at radius 2 is 2.16 bits per heavy atom. The number of rotatable bonds is 4. The predicted molar refractivity (Wildman–Crippen MR) is 70.4 cm³/mol. The van der Waals surface area contributed by atoms with Crippen LogP contribution in [0.25, 0.3) is 0 Å². The van der Waals surface area contributed by atoms with Crippen molar-refractivity contribution in [3.8, 4) is 0 Å². The minimum Gasteiger partial charge on any atom is -0.459 e. The minimum atomic E-state index is -0.776. The molecule has 2 unspecified atom stereocenters. The number of hydrogen-bond donors (Lipinski definition) is 0. The molecule has 1 aromatic carbocycles. The lowest BCUT2D eigenvalue weighted by atomic mass is 10.1. The van der Waals surface area contributed by atoms with Gasteiger partial charge in [-0.2, -0.15) is 0 Å². The third-order valence-corrected chi connectivity index (χ3v) is 2.98. The topological polar surface area (TPSA) is 44.8 Å². The van der Waals surface area contributed by atoms with Crippen LogP contribution in [0.15, 0.2) is 42.5 Å². The van der Waals surface area contributed by atoms with Gasteiger partial charge in [0.05, 0.1) is 6.61 Å². The van der Waals surface area contributed by atoms with Gasteiger partial charge in [0.15, 0.2) is 5.79 Å². The first-order chi connectivity index (χ1) is 9.01. The molecule has 2 atom stereocenters. The zero-order valence-corrected chi connectivity index (χ0v) is 11.2. The van der Waals surface area contributed by atoms with Gasteiger partial charge in [-0.3, -0.25) is 0 Å². The molecular weight excluding hydrogens is 244 g/mol. The van der Waals surface area contributed by atoms with Crippen molar-refractivity contribution in [3.05, 3.63) is 48.0 Å². The number of benzene rings is 1. The second-order valence-electron chi connectivity index (χ2n) is 4.74. The molecule has 1 aliphatic heterocycles. The quantitative estimate of drug-likeness (QED) is 0.617. The van der Waals surface area contributed by atoms with Crippen molar-refractivity contribution in [2.45, 2.75) is 25.7 Å². The van der Waals surface area contributed by atoms with Gasteiger partial charge in [0.25, 0.3) is 0 Å². The number of ether oxygens (including phenoxy) is 3. The summed E-state index contributed by atoms with van der Waals surface area (Å²) in [6.45, 7) is 7.58. The molecule has 1 saturated heterocycles. The highest BCUT2D eigenvalue weighted by Gasteiger charge is 2.39. The molecule has 0 radical (unpaired) electrons. The Morgan fingerprint density at radius 1 is 1.47 bits per heavy atom. The van der Waals surface area contributed by atoms with Crippen molar-refractivity contribution in [2.24, 2.45) is 0 Å². The van der Waals surface area contributed by atoms with E-state index in [2.05, 4.69) is 6.58 Å². The van der Waals surface area contributed by atoms with Gasteiger partial charge < -0.3 is 14.2 Å². The molecule has 4 nitrogen and oxygen atoms in total. The molecule has 0 spiro atoms. The average Bonchev–Trinajstić information content (AvgIpc) is 2.80. The lowest BCUT2D eigenvalue weighted by Gasteiger charge is -2.23.